The molecule has 5 heteroatoms. The fourth-order valence-corrected chi connectivity index (χ4v) is 2.48. The molecule has 0 bridgehead atoms. The molecule has 1 fully saturated rings. The van der Waals surface area contributed by atoms with Crippen molar-refractivity contribution in [1.82, 2.24) is 5.32 Å². The van der Waals surface area contributed by atoms with Gasteiger partial charge in [-0.1, -0.05) is 17.7 Å². The zero-order valence-corrected chi connectivity index (χ0v) is 12.3. The summed E-state index contributed by atoms with van der Waals surface area (Å²) in [5.41, 5.74) is 1.45. The highest BCUT2D eigenvalue weighted by Crippen LogP contribution is 2.19. The topological polar surface area (TPSA) is 58.6 Å². The number of amides is 1. The standard InChI is InChI=1S/C15H20ClNO3/c1-10-2-3-12(8-13(10)16)15(19)17-9-14(18)11-4-6-20-7-5-11/h2-3,8,11,14,18H,4-7,9H2,1H3,(H,17,19)/t14-/m1/s1. The lowest BCUT2D eigenvalue weighted by atomic mass is 9.94. The number of rotatable bonds is 4. The molecule has 0 unspecified atom stereocenters. The van der Waals surface area contributed by atoms with Crippen LogP contribution < -0.4 is 5.32 Å². The predicted octanol–water partition coefficient (Wildman–Crippen LogP) is 2.17. The van der Waals surface area contributed by atoms with E-state index in [4.69, 9.17) is 16.3 Å². The molecule has 4 nitrogen and oxygen atoms in total. The second-order valence-corrected chi connectivity index (χ2v) is 5.60. The highest BCUT2D eigenvalue weighted by atomic mass is 35.5. The maximum Gasteiger partial charge on any atom is 0.251 e. The summed E-state index contributed by atoms with van der Waals surface area (Å²) in [6.45, 7) is 3.51. The van der Waals surface area contributed by atoms with Crippen LogP contribution in [0.4, 0.5) is 0 Å². The number of halogens is 1. The smallest absolute Gasteiger partial charge is 0.251 e. The molecule has 0 radical (unpaired) electrons. The van der Waals surface area contributed by atoms with Crippen LogP contribution in [0.5, 0.6) is 0 Å². The Hall–Kier alpha value is -1.10. The van der Waals surface area contributed by atoms with Gasteiger partial charge >= 0.3 is 0 Å². The van der Waals surface area contributed by atoms with E-state index < -0.39 is 6.10 Å². The predicted molar refractivity (Wildman–Crippen MR) is 78.1 cm³/mol. The van der Waals surface area contributed by atoms with E-state index in [9.17, 15) is 9.90 Å². The molecule has 110 valence electrons. The highest BCUT2D eigenvalue weighted by Gasteiger charge is 2.22. The van der Waals surface area contributed by atoms with Gasteiger partial charge in [0, 0.05) is 30.3 Å². The van der Waals surface area contributed by atoms with Gasteiger partial charge in [-0.05, 0) is 43.4 Å². The number of carbonyl (C=O) groups excluding carboxylic acids is 1. The van der Waals surface area contributed by atoms with Crippen molar-refractivity contribution < 1.29 is 14.6 Å². The molecular weight excluding hydrogens is 278 g/mol. The Balaban J connectivity index is 1.86. The molecule has 1 saturated heterocycles. The monoisotopic (exact) mass is 297 g/mol. The minimum atomic E-state index is -0.524. The first-order valence-electron chi connectivity index (χ1n) is 6.88. The maximum atomic E-state index is 12.0. The van der Waals surface area contributed by atoms with Crippen LogP contribution in [-0.4, -0.2) is 36.9 Å². The van der Waals surface area contributed by atoms with Gasteiger partial charge < -0.3 is 15.2 Å². The van der Waals surface area contributed by atoms with Crippen LogP contribution >= 0.6 is 11.6 Å². The van der Waals surface area contributed by atoms with Gasteiger partial charge in [0.2, 0.25) is 0 Å². The summed E-state index contributed by atoms with van der Waals surface area (Å²) in [7, 11) is 0. The first-order valence-corrected chi connectivity index (χ1v) is 7.26. The minimum absolute atomic E-state index is 0.200. The van der Waals surface area contributed by atoms with Gasteiger partial charge in [0.15, 0.2) is 0 Å². The number of aliphatic hydroxyl groups excluding tert-OH is 1. The first-order chi connectivity index (χ1) is 9.58. The number of aryl methyl sites for hydroxylation is 1. The van der Waals surface area contributed by atoms with E-state index in [1.54, 1.807) is 12.1 Å². The van der Waals surface area contributed by atoms with Crippen molar-refractivity contribution in [1.29, 1.82) is 0 Å². The third kappa shape index (κ3) is 3.95. The van der Waals surface area contributed by atoms with Crippen molar-refractivity contribution in [2.75, 3.05) is 19.8 Å². The molecule has 1 aromatic carbocycles. The van der Waals surface area contributed by atoms with E-state index in [2.05, 4.69) is 5.32 Å². The number of hydrogen-bond donors (Lipinski definition) is 2. The number of aliphatic hydroxyl groups is 1. The molecule has 1 amide bonds. The number of carbonyl (C=O) groups is 1. The van der Waals surface area contributed by atoms with Gasteiger partial charge in [-0.15, -0.1) is 0 Å². The van der Waals surface area contributed by atoms with Crippen LogP contribution in [-0.2, 0) is 4.74 Å². The third-order valence-corrected chi connectivity index (χ3v) is 4.12. The lowest BCUT2D eigenvalue weighted by Gasteiger charge is -2.26. The van der Waals surface area contributed by atoms with Crippen molar-refractivity contribution in [3.8, 4) is 0 Å². The molecule has 1 heterocycles. The molecule has 0 aromatic heterocycles. The van der Waals surface area contributed by atoms with E-state index in [-0.39, 0.29) is 18.4 Å². The maximum absolute atomic E-state index is 12.0. The highest BCUT2D eigenvalue weighted by molar-refractivity contribution is 6.31. The summed E-state index contributed by atoms with van der Waals surface area (Å²) in [6, 6.07) is 5.19. The summed E-state index contributed by atoms with van der Waals surface area (Å²) in [5.74, 6) is -0.0105. The molecule has 0 saturated carbocycles. The molecular formula is C15H20ClNO3. The normalized spacial score (nSPS) is 17.8. The molecule has 0 spiro atoms. The largest absolute Gasteiger partial charge is 0.391 e. The van der Waals surface area contributed by atoms with Crippen molar-refractivity contribution in [3.63, 3.8) is 0 Å². The Labute approximate surface area is 124 Å². The fourth-order valence-electron chi connectivity index (χ4n) is 2.30. The van der Waals surface area contributed by atoms with E-state index in [0.29, 0.717) is 23.8 Å². The Kier molecular flexibility index (Phi) is 5.40. The summed E-state index contributed by atoms with van der Waals surface area (Å²) < 4.78 is 5.26. The number of benzene rings is 1. The van der Waals surface area contributed by atoms with Crippen molar-refractivity contribution >= 4 is 17.5 Å². The number of hydrogen-bond acceptors (Lipinski definition) is 3. The van der Waals surface area contributed by atoms with Gasteiger partial charge in [0.05, 0.1) is 6.10 Å². The van der Waals surface area contributed by atoms with Crippen LogP contribution in [0.3, 0.4) is 0 Å². The lowest BCUT2D eigenvalue weighted by molar-refractivity contribution is 0.00873. The second-order valence-electron chi connectivity index (χ2n) is 5.19. The Morgan fingerprint density at radius 2 is 2.20 bits per heavy atom. The lowest BCUT2D eigenvalue weighted by Crippen LogP contribution is -2.38. The third-order valence-electron chi connectivity index (χ3n) is 3.72. The molecule has 1 aliphatic heterocycles. The molecule has 0 aliphatic carbocycles. The molecule has 20 heavy (non-hydrogen) atoms. The number of ether oxygens (including phenoxy) is 1. The average molecular weight is 298 g/mol. The van der Waals surface area contributed by atoms with E-state index >= 15 is 0 Å². The number of nitrogens with one attached hydrogen (secondary N) is 1. The van der Waals surface area contributed by atoms with Crippen LogP contribution in [0, 0.1) is 12.8 Å². The summed E-state index contributed by atoms with van der Waals surface area (Å²) in [6.07, 6.45) is 1.16. The Bertz CT molecular complexity index is 472. The molecule has 1 aliphatic rings. The second kappa shape index (κ2) is 7.07. The molecule has 1 atom stereocenters. The summed E-state index contributed by atoms with van der Waals surface area (Å²) >= 11 is 6.00. The van der Waals surface area contributed by atoms with Gasteiger partial charge in [0.25, 0.3) is 5.91 Å². The molecule has 1 aromatic rings. The quantitative estimate of drug-likeness (QED) is 0.895. The molecule has 2 rings (SSSR count). The van der Waals surface area contributed by atoms with Crippen LogP contribution in [0.2, 0.25) is 5.02 Å². The summed E-state index contributed by atoms with van der Waals surface area (Å²) in [4.78, 5) is 12.0. The van der Waals surface area contributed by atoms with Gasteiger partial charge in [0.1, 0.15) is 0 Å². The minimum Gasteiger partial charge on any atom is -0.391 e. The average Bonchev–Trinajstić information content (AvgIpc) is 2.48. The zero-order valence-electron chi connectivity index (χ0n) is 11.6. The van der Waals surface area contributed by atoms with E-state index in [0.717, 1.165) is 18.4 Å². The first kappa shape index (κ1) is 15.3. The van der Waals surface area contributed by atoms with Gasteiger partial charge in [-0.2, -0.15) is 0 Å². The van der Waals surface area contributed by atoms with Crippen molar-refractivity contribution in [2.24, 2.45) is 5.92 Å². The summed E-state index contributed by atoms with van der Waals surface area (Å²) in [5, 5.41) is 13.4. The van der Waals surface area contributed by atoms with Gasteiger partial charge in [-0.25, -0.2) is 0 Å². The zero-order chi connectivity index (χ0) is 14.5. The Morgan fingerprint density at radius 3 is 2.85 bits per heavy atom. The SMILES string of the molecule is Cc1ccc(C(=O)NC[C@@H](O)C2CCOCC2)cc1Cl. The van der Waals surface area contributed by atoms with E-state index in [1.165, 1.54) is 0 Å². The van der Waals surface area contributed by atoms with Crippen LogP contribution in [0.15, 0.2) is 18.2 Å². The van der Waals surface area contributed by atoms with Crippen molar-refractivity contribution in [3.05, 3.63) is 34.3 Å². The van der Waals surface area contributed by atoms with Gasteiger partial charge in [-0.3, -0.25) is 4.79 Å². The van der Waals surface area contributed by atoms with Crippen molar-refractivity contribution in [2.45, 2.75) is 25.9 Å². The fraction of sp³-hybridized carbons (Fsp3) is 0.533. The van der Waals surface area contributed by atoms with E-state index in [1.807, 2.05) is 13.0 Å². The Morgan fingerprint density at radius 1 is 1.50 bits per heavy atom. The van der Waals surface area contributed by atoms with Crippen LogP contribution in [0.1, 0.15) is 28.8 Å². The van der Waals surface area contributed by atoms with Crippen LogP contribution in [0.25, 0.3) is 0 Å². The molecule has 2 N–H and O–H groups in total.